The van der Waals surface area contributed by atoms with E-state index in [1.54, 1.807) is 0 Å². The average Bonchev–Trinajstić information content (AvgIpc) is 2.69. The van der Waals surface area contributed by atoms with Gasteiger partial charge in [0.25, 0.3) is 0 Å². The van der Waals surface area contributed by atoms with E-state index in [2.05, 4.69) is 10.2 Å². The summed E-state index contributed by atoms with van der Waals surface area (Å²) in [4.78, 5) is 14.1. The van der Waals surface area contributed by atoms with Gasteiger partial charge in [-0.05, 0) is 37.5 Å². The van der Waals surface area contributed by atoms with Crippen LogP contribution in [0.1, 0.15) is 17.5 Å². The highest BCUT2D eigenvalue weighted by atomic mass is 35.5. The van der Waals surface area contributed by atoms with Crippen molar-refractivity contribution in [2.24, 2.45) is 5.73 Å². The van der Waals surface area contributed by atoms with Crippen LogP contribution in [0.4, 0.5) is 5.69 Å². The highest BCUT2D eigenvalue weighted by Gasteiger charge is 2.21. The summed E-state index contributed by atoms with van der Waals surface area (Å²) in [6.07, 6.45) is 0.956. The maximum absolute atomic E-state index is 12.0. The topological polar surface area (TPSA) is 58.4 Å². The van der Waals surface area contributed by atoms with Gasteiger partial charge >= 0.3 is 0 Å². The number of anilines is 1. The van der Waals surface area contributed by atoms with Gasteiger partial charge in [-0.2, -0.15) is 0 Å². The fraction of sp³-hybridized carbons (Fsp3) is 0.500. The summed E-state index contributed by atoms with van der Waals surface area (Å²) in [6, 6.07) is 4.06. The smallest absolute Gasteiger partial charge is 0.238 e. The first-order valence-electron chi connectivity index (χ1n) is 6.50. The van der Waals surface area contributed by atoms with Crippen LogP contribution in [-0.2, 0) is 4.79 Å². The van der Waals surface area contributed by atoms with Crippen molar-refractivity contribution in [1.82, 2.24) is 4.90 Å². The van der Waals surface area contributed by atoms with Crippen LogP contribution in [0.25, 0.3) is 0 Å². The Labute approximate surface area is 118 Å². The van der Waals surface area contributed by atoms with Gasteiger partial charge in [0, 0.05) is 19.1 Å². The molecule has 2 rings (SSSR count). The first-order valence-corrected chi connectivity index (χ1v) is 6.88. The second-order valence-corrected chi connectivity index (χ2v) is 5.68. The Morgan fingerprint density at radius 3 is 2.84 bits per heavy atom. The van der Waals surface area contributed by atoms with E-state index in [0.717, 1.165) is 30.6 Å². The van der Waals surface area contributed by atoms with Crippen molar-refractivity contribution < 1.29 is 4.79 Å². The summed E-state index contributed by atoms with van der Waals surface area (Å²) >= 11 is 6.17. The van der Waals surface area contributed by atoms with Crippen LogP contribution in [0, 0.1) is 13.8 Å². The van der Waals surface area contributed by atoms with Crippen molar-refractivity contribution in [3.63, 3.8) is 0 Å². The van der Waals surface area contributed by atoms with E-state index < -0.39 is 0 Å². The largest absolute Gasteiger partial charge is 0.326 e. The second kappa shape index (κ2) is 5.90. The lowest BCUT2D eigenvalue weighted by atomic mass is 10.1. The van der Waals surface area contributed by atoms with E-state index in [1.165, 1.54) is 0 Å². The van der Waals surface area contributed by atoms with Crippen LogP contribution in [0.15, 0.2) is 12.1 Å². The Morgan fingerprint density at radius 1 is 1.53 bits per heavy atom. The van der Waals surface area contributed by atoms with Crippen LogP contribution in [0.5, 0.6) is 0 Å². The lowest BCUT2D eigenvalue weighted by molar-refractivity contribution is -0.117. The minimum atomic E-state index is -0.0389. The fourth-order valence-corrected chi connectivity index (χ4v) is 2.83. The van der Waals surface area contributed by atoms with E-state index in [1.807, 2.05) is 26.0 Å². The molecule has 1 aromatic carbocycles. The summed E-state index contributed by atoms with van der Waals surface area (Å²) in [6.45, 7) is 5.97. The highest BCUT2D eigenvalue weighted by molar-refractivity contribution is 6.34. The van der Waals surface area contributed by atoms with E-state index >= 15 is 0 Å². The maximum atomic E-state index is 12.0. The van der Waals surface area contributed by atoms with Gasteiger partial charge in [0.2, 0.25) is 5.91 Å². The molecule has 0 radical (unpaired) electrons. The molecule has 1 fully saturated rings. The zero-order valence-electron chi connectivity index (χ0n) is 11.4. The van der Waals surface area contributed by atoms with Gasteiger partial charge in [0.05, 0.1) is 17.3 Å². The molecule has 104 valence electrons. The molecule has 1 amide bonds. The number of hydrogen-bond acceptors (Lipinski definition) is 3. The predicted octanol–water partition coefficient (Wildman–Crippen LogP) is 1.93. The molecule has 3 N–H and O–H groups in total. The van der Waals surface area contributed by atoms with Crippen LogP contribution in [0.3, 0.4) is 0 Å². The number of halogens is 1. The normalized spacial score (nSPS) is 19.7. The molecule has 19 heavy (non-hydrogen) atoms. The molecule has 5 heteroatoms. The molecule has 0 aliphatic carbocycles. The van der Waals surface area contributed by atoms with Crippen molar-refractivity contribution in [1.29, 1.82) is 0 Å². The summed E-state index contributed by atoms with van der Waals surface area (Å²) in [5, 5.41) is 3.48. The Hall–Kier alpha value is -1.10. The molecule has 1 aliphatic rings. The Morgan fingerprint density at radius 2 is 2.26 bits per heavy atom. The van der Waals surface area contributed by atoms with Gasteiger partial charge in [-0.3, -0.25) is 9.69 Å². The first kappa shape index (κ1) is 14.3. The quantitative estimate of drug-likeness (QED) is 0.890. The molecule has 1 aliphatic heterocycles. The number of aryl methyl sites for hydroxylation is 2. The molecular weight excluding hydrogens is 262 g/mol. The molecule has 0 saturated carbocycles. The third kappa shape index (κ3) is 3.69. The van der Waals surface area contributed by atoms with E-state index in [0.29, 0.717) is 17.3 Å². The number of benzene rings is 1. The van der Waals surface area contributed by atoms with Gasteiger partial charge in [-0.15, -0.1) is 0 Å². The Bertz CT molecular complexity index is 467. The number of likely N-dealkylation sites (tertiary alicyclic amines) is 1. The molecule has 0 aromatic heterocycles. The average molecular weight is 282 g/mol. The van der Waals surface area contributed by atoms with E-state index in [-0.39, 0.29) is 11.9 Å². The van der Waals surface area contributed by atoms with Gasteiger partial charge in [-0.1, -0.05) is 17.7 Å². The Balaban J connectivity index is 1.99. The Kier molecular flexibility index (Phi) is 4.45. The van der Waals surface area contributed by atoms with E-state index in [4.69, 9.17) is 17.3 Å². The summed E-state index contributed by atoms with van der Waals surface area (Å²) < 4.78 is 0. The highest BCUT2D eigenvalue weighted by Crippen LogP contribution is 2.27. The molecule has 0 spiro atoms. The number of carbonyl (C=O) groups excluding carboxylic acids is 1. The van der Waals surface area contributed by atoms with Crippen LogP contribution in [-0.4, -0.2) is 36.5 Å². The third-order valence-corrected chi connectivity index (χ3v) is 3.67. The minimum absolute atomic E-state index is 0.0389. The number of carbonyl (C=O) groups is 1. The molecule has 0 unspecified atom stereocenters. The summed E-state index contributed by atoms with van der Waals surface area (Å²) in [7, 11) is 0. The van der Waals surface area contributed by atoms with E-state index in [9.17, 15) is 4.79 Å². The molecule has 0 bridgehead atoms. The number of nitrogens with zero attached hydrogens (tertiary/aromatic N) is 1. The van der Waals surface area contributed by atoms with Crippen LogP contribution < -0.4 is 11.1 Å². The lowest BCUT2D eigenvalue weighted by Gasteiger charge is -2.16. The SMILES string of the molecule is Cc1cc(C)c(NC(=O)CN2CC[C@H](N)C2)c(Cl)c1. The summed E-state index contributed by atoms with van der Waals surface area (Å²) in [5.74, 6) is -0.0389. The van der Waals surface area contributed by atoms with Crippen LogP contribution >= 0.6 is 11.6 Å². The monoisotopic (exact) mass is 281 g/mol. The van der Waals surface area contributed by atoms with Crippen LogP contribution in [0.2, 0.25) is 5.02 Å². The molecule has 1 heterocycles. The van der Waals surface area contributed by atoms with Gasteiger partial charge in [-0.25, -0.2) is 0 Å². The minimum Gasteiger partial charge on any atom is -0.326 e. The standard InChI is InChI=1S/C14H20ClN3O/c1-9-5-10(2)14(12(15)6-9)17-13(19)8-18-4-3-11(16)7-18/h5-6,11H,3-4,7-8,16H2,1-2H3,(H,17,19)/t11-/m0/s1. The predicted molar refractivity (Wildman–Crippen MR) is 78.6 cm³/mol. The fourth-order valence-electron chi connectivity index (χ4n) is 2.46. The van der Waals surface area contributed by atoms with Gasteiger partial charge < -0.3 is 11.1 Å². The molecule has 1 saturated heterocycles. The summed E-state index contributed by atoms with van der Waals surface area (Å²) in [5.41, 5.74) is 8.60. The molecular formula is C14H20ClN3O. The van der Waals surface area contributed by atoms with Gasteiger partial charge in [0.15, 0.2) is 0 Å². The van der Waals surface area contributed by atoms with Crippen molar-refractivity contribution in [2.75, 3.05) is 25.0 Å². The van der Waals surface area contributed by atoms with Crippen molar-refractivity contribution in [2.45, 2.75) is 26.3 Å². The van der Waals surface area contributed by atoms with Crippen molar-refractivity contribution in [3.05, 3.63) is 28.3 Å². The van der Waals surface area contributed by atoms with Gasteiger partial charge in [0.1, 0.15) is 0 Å². The zero-order valence-corrected chi connectivity index (χ0v) is 12.1. The number of rotatable bonds is 3. The van der Waals surface area contributed by atoms with Crippen molar-refractivity contribution >= 4 is 23.2 Å². The lowest BCUT2D eigenvalue weighted by Crippen LogP contribution is -2.33. The molecule has 4 nitrogen and oxygen atoms in total. The third-order valence-electron chi connectivity index (χ3n) is 3.37. The first-order chi connectivity index (χ1) is 8.95. The maximum Gasteiger partial charge on any atom is 0.238 e. The zero-order chi connectivity index (χ0) is 14.0. The second-order valence-electron chi connectivity index (χ2n) is 5.27. The van der Waals surface area contributed by atoms with Crippen molar-refractivity contribution in [3.8, 4) is 0 Å². The number of hydrogen-bond donors (Lipinski definition) is 2. The number of nitrogens with one attached hydrogen (secondary N) is 1. The molecule has 1 aromatic rings. The molecule has 1 atom stereocenters. The number of amides is 1. The number of nitrogens with two attached hydrogens (primary N) is 1.